The van der Waals surface area contributed by atoms with E-state index in [1.165, 1.54) is 12.1 Å². The number of nitrogens with zero attached hydrogens (tertiary/aromatic N) is 1. The smallest absolute Gasteiger partial charge is 0.275 e. The van der Waals surface area contributed by atoms with E-state index in [1.807, 2.05) is 30.3 Å². The van der Waals surface area contributed by atoms with Crippen LogP contribution in [0.5, 0.6) is 5.75 Å². The lowest BCUT2D eigenvalue weighted by Gasteiger charge is -2.06. The van der Waals surface area contributed by atoms with Gasteiger partial charge in [-0.05, 0) is 5.56 Å². The standard InChI is InChI=1S/C13H12N2O3/c14-11-6-12(15(16)17)8-13(7-11)18-9-10-4-2-1-3-5-10/h1-8H,9,14H2. The van der Waals surface area contributed by atoms with E-state index in [9.17, 15) is 10.1 Å². The van der Waals surface area contributed by atoms with Crippen LogP contribution in [0.25, 0.3) is 0 Å². The van der Waals surface area contributed by atoms with Crippen LogP contribution in [0.15, 0.2) is 48.5 Å². The summed E-state index contributed by atoms with van der Waals surface area (Å²) in [6, 6.07) is 13.8. The predicted molar refractivity (Wildman–Crippen MR) is 68.3 cm³/mol. The zero-order valence-corrected chi connectivity index (χ0v) is 9.58. The third-order valence-corrected chi connectivity index (χ3v) is 2.37. The van der Waals surface area contributed by atoms with E-state index < -0.39 is 4.92 Å². The van der Waals surface area contributed by atoms with Gasteiger partial charge in [0.15, 0.2) is 0 Å². The summed E-state index contributed by atoms with van der Waals surface area (Å²) in [6.07, 6.45) is 0. The summed E-state index contributed by atoms with van der Waals surface area (Å²) in [5, 5.41) is 10.7. The number of ether oxygens (including phenoxy) is 1. The minimum Gasteiger partial charge on any atom is -0.489 e. The number of non-ortho nitro benzene ring substituents is 1. The molecule has 0 aliphatic heterocycles. The molecule has 0 fully saturated rings. The molecule has 0 amide bonds. The van der Waals surface area contributed by atoms with Crippen LogP contribution in [0, 0.1) is 10.1 Å². The molecule has 0 heterocycles. The molecule has 2 N–H and O–H groups in total. The Labute approximate surface area is 104 Å². The fourth-order valence-corrected chi connectivity index (χ4v) is 1.54. The molecule has 0 spiro atoms. The van der Waals surface area contributed by atoms with E-state index in [-0.39, 0.29) is 5.69 Å². The molecule has 18 heavy (non-hydrogen) atoms. The van der Waals surface area contributed by atoms with Gasteiger partial charge in [0.1, 0.15) is 12.4 Å². The summed E-state index contributed by atoms with van der Waals surface area (Å²) in [4.78, 5) is 10.2. The number of hydrogen-bond acceptors (Lipinski definition) is 4. The SMILES string of the molecule is Nc1cc(OCc2ccccc2)cc([N+](=O)[O-])c1. The molecule has 2 aromatic carbocycles. The molecule has 92 valence electrons. The molecule has 0 radical (unpaired) electrons. The highest BCUT2D eigenvalue weighted by Gasteiger charge is 2.09. The number of hydrogen-bond donors (Lipinski definition) is 1. The molecular weight excluding hydrogens is 232 g/mol. The van der Waals surface area contributed by atoms with Gasteiger partial charge in [0.2, 0.25) is 0 Å². The van der Waals surface area contributed by atoms with Crippen molar-refractivity contribution >= 4 is 11.4 Å². The Balaban J connectivity index is 2.12. The van der Waals surface area contributed by atoms with Crippen LogP contribution in [0.2, 0.25) is 0 Å². The number of nitro benzene ring substituents is 1. The predicted octanol–water partition coefficient (Wildman–Crippen LogP) is 2.76. The van der Waals surface area contributed by atoms with Crippen molar-refractivity contribution in [3.05, 3.63) is 64.2 Å². The Hall–Kier alpha value is -2.56. The third kappa shape index (κ3) is 2.98. The molecule has 0 aromatic heterocycles. The first kappa shape index (κ1) is 11.9. The van der Waals surface area contributed by atoms with Crippen LogP contribution >= 0.6 is 0 Å². The van der Waals surface area contributed by atoms with Crippen molar-refractivity contribution in [2.24, 2.45) is 0 Å². The third-order valence-electron chi connectivity index (χ3n) is 2.37. The molecule has 0 aliphatic rings. The first-order chi connectivity index (χ1) is 8.65. The van der Waals surface area contributed by atoms with E-state index in [1.54, 1.807) is 6.07 Å². The summed E-state index contributed by atoms with van der Waals surface area (Å²) in [5.41, 5.74) is 6.81. The van der Waals surface area contributed by atoms with Gasteiger partial charge >= 0.3 is 0 Å². The van der Waals surface area contributed by atoms with E-state index in [0.29, 0.717) is 18.0 Å². The van der Waals surface area contributed by atoms with Crippen molar-refractivity contribution in [1.82, 2.24) is 0 Å². The van der Waals surface area contributed by atoms with Crippen LogP contribution in [-0.4, -0.2) is 4.92 Å². The van der Waals surface area contributed by atoms with E-state index >= 15 is 0 Å². The molecular formula is C13H12N2O3. The zero-order chi connectivity index (χ0) is 13.0. The molecule has 0 atom stereocenters. The van der Waals surface area contributed by atoms with Crippen molar-refractivity contribution in [3.63, 3.8) is 0 Å². The van der Waals surface area contributed by atoms with Gasteiger partial charge in [0.05, 0.1) is 11.0 Å². The number of nitro groups is 1. The largest absolute Gasteiger partial charge is 0.489 e. The average molecular weight is 244 g/mol. The second-order valence-electron chi connectivity index (χ2n) is 3.79. The average Bonchev–Trinajstić information content (AvgIpc) is 2.37. The number of anilines is 1. The van der Waals surface area contributed by atoms with Gasteiger partial charge in [-0.1, -0.05) is 30.3 Å². The Morgan fingerprint density at radius 1 is 1.17 bits per heavy atom. The summed E-state index contributed by atoms with van der Waals surface area (Å²) >= 11 is 0. The molecule has 5 nitrogen and oxygen atoms in total. The monoisotopic (exact) mass is 244 g/mol. The lowest BCUT2D eigenvalue weighted by molar-refractivity contribution is -0.384. The Kier molecular flexibility index (Phi) is 3.43. The Morgan fingerprint density at radius 3 is 2.56 bits per heavy atom. The van der Waals surface area contributed by atoms with Crippen LogP contribution in [-0.2, 0) is 6.61 Å². The molecule has 2 aromatic rings. The fraction of sp³-hybridized carbons (Fsp3) is 0.0769. The Bertz CT molecular complexity index is 555. The fourth-order valence-electron chi connectivity index (χ4n) is 1.54. The molecule has 0 saturated carbocycles. The van der Waals surface area contributed by atoms with Crippen molar-refractivity contribution in [3.8, 4) is 5.75 Å². The van der Waals surface area contributed by atoms with Crippen molar-refractivity contribution in [2.75, 3.05) is 5.73 Å². The highest BCUT2D eigenvalue weighted by molar-refractivity contribution is 5.53. The van der Waals surface area contributed by atoms with Gasteiger partial charge < -0.3 is 10.5 Å². The molecule has 0 aliphatic carbocycles. The normalized spacial score (nSPS) is 10.0. The quantitative estimate of drug-likeness (QED) is 0.509. The molecule has 2 rings (SSSR count). The Morgan fingerprint density at radius 2 is 1.89 bits per heavy atom. The summed E-state index contributed by atoms with van der Waals surface area (Å²) in [5.74, 6) is 0.394. The van der Waals surface area contributed by atoms with Gasteiger partial charge in [0, 0.05) is 17.8 Å². The van der Waals surface area contributed by atoms with Crippen LogP contribution in [0.3, 0.4) is 0 Å². The van der Waals surface area contributed by atoms with Crippen LogP contribution in [0.4, 0.5) is 11.4 Å². The minimum absolute atomic E-state index is 0.0712. The van der Waals surface area contributed by atoms with Crippen molar-refractivity contribution in [2.45, 2.75) is 6.61 Å². The van der Waals surface area contributed by atoms with Gasteiger partial charge in [-0.15, -0.1) is 0 Å². The van der Waals surface area contributed by atoms with Gasteiger partial charge in [-0.25, -0.2) is 0 Å². The molecule has 0 unspecified atom stereocenters. The maximum Gasteiger partial charge on any atom is 0.275 e. The molecule has 0 saturated heterocycles. The second kappa shape index (κ2) is 5.18. The topological polar surface area (TPSA) is 78.4 Å². The zero-order valence-electron chi connectivity index (χ0n) is 9.58. The van der Waals surface area contributed by atoms with E-state index in [4.69, 9.17) is 10.5 Å². The minimum atomic E-state index is -0.494. The van der Waals surface area contributed by atoms with Crippen LogP contribution < -0.4 is 10.5 Å². The highest BCUT2D eigenvalue weighted by Crippen LogP contribution is 2.24. The number of rotatable bonds is 4. The maximum atomic E-state index is 10.7. The van der Waals surface area contributed by atoms with E-state index in [2.05, 4.69) is 0 Å². The summed E-state index contributed by atoms with van der Waals surface area (Å²) in [6.45, 7) is 0.349. The lowest BCUT2D eigenvalue weighted by atomic mass is 10.2. The number of nitrogens with two attached hydrogens (primary N) is 1. The molecule has 0 bridgehead atoms. The summed E-state index contributed by atoms with van der Waals surface area (Å²) < 4.78 is 5.48. The van der Waals surface area contributed by atoms with E-state index in [0.717, 1.165) is 5.56 Å². The number of benzene rings is 2. The van der Waals surface area contributed by atoms with Crippen molar-refractivity contribution in [1.29, 1.82) is 0 Å². The lowest BCUT2D eigenvalue weighted by Crippen LogP contribution is -1.98. The van der Waals surface area contributed by atoms with Crippen LogP contribution in [0.1, 0.15) is 5.56 Å². The maximum absolute atomic E-state index is 10.7. The second-order valence-corrected chi connectivity index (χ2v) is 3.79. The van der Waals surface area contributed by atoms with Crippen molar-refractivity contribution < 1.29 is 9.66 Å². The van der Waals surface area contributed by atoms with Gasteiger partial charge in [-0.2, -0.15) is 0 Å². The first-order valence-corrected chi connectivity index (χ1v) is 5.37. The van der Waals surface area contributed by atoms with Gasteiger partial charge in [0.25, 0.3) is 5.69 Å². The first-order valence-electron chi connectivity index (χ1n) is 5.37. The van der Waals surface area contributed by atoms with Gasteiger partial charge in [-0.3, -0.25) is 10.1 Å². The number of nitrogen functional groups attached to an aromatic ring is 1. The molecule has 5 heteroatoms. The highest BCUT2D eigenvalue weighted by atomic mass is 16.6. The summed E-state index contributed by atoms with van der Waals surface area (Å²) in [7, 11) is 0.